The second-order valence-corrected chi connectivity index (χ2v) is 12.6. The third-order valence-corrected chi connectivity index (χ3v) is 9.86. The van der Waals surface area contributed by atoms with Crippen LogP contribution in [-0.2, 0) is 0 Å². The molecule has 4 heteroatoms. The number of anilines is 6. The van der Waals surface area contributed by atoms with Gasteiger partial charge in [-0.3, -0.25) is 9.80 Å². The molecule has 0 saturated heterocycles. The number of aromatic nitrogens is 2. The van der Waals surface area contributed by atoms with Crippen molar-refractivity contribution in [2.24, 2.45) is 0 Å². The van der Waals surface area contributed by atoms with E-state index in [4.69, 9.17) is 9.97 Å². The summed E-state index contributed by atoms with van der Waals surface area (Å²) in [7, 11) is 0. The Bertz CT molecular complexity index is 2620. The summed E-state index contributed by atoms with van der Waals surface area (Å²) in [6.45, 7) is 0. The van der Waals surface area contributed by atoms with Crippen LogP contribution in [0.4, 0.5) is 34.4 Å². The number of rotatable bonds is 6. The molecule has 0 unspecified atom stereocenters. The van der Waals surface area contributed by atoms with Crippen LogP contribution in [0.1, 0.15) is 0 Å². The van der Waals surface area contributed by atoms with Crippen LogP contribution in [0.25, 0.3) is 53.9 Å². The molecule has 2 heterocycles. The van der Waals surface area contributed by atoms with E-state index in [1.54, 1.807) is 0 Å². The summed E-state index contributed by atoms with van der Waals surface area (Å²) in [5.74, 6) is 1.81. The maximum absolute atomic E-state index is 5.01. The van der Waals surface area contributed by atoms with E-state index in [-0.39, 0.29) is 0 Å². The normalized spacial score (nSPS) is 11.6. The van der Waals surface area contributed by atoms with Gasteiger partial charge in [-0.05, 0) is 80.8 Å². The molecule has 0 aliphatic heterocycles. The largest absolute Gasteiger partial charge is 0.294 e. The Hall–Kier alpha value is -6.78. The zero-order valence-electron chi connectivity index (χ0n) is 27.1. The molecular weight excluding hydrogens is 609 g/mol. The van der Waals surface area contributed by atoms with Gasteiger partial charge in [-0.2, -0.15) is 0 Å². The van der Waals surface area contributed by atoms with Crippen molar-refractivity contribution in [2.75, 3.05) is 9.80 Å². The third kappa shape index (κ3) is 4.39. The number of benzene rings is 8. The van der Waals surface area contributed by atoms with E-state index in [9.17, 15) is 0 Å². The Labute approximate surface area is 289 Å². The summed E-state index contributed by atoms with van der Waals surface area (Å²) in [5.41, 5.74) is 4.29. The Morgan fingerprint density at radius 2 is 0.700 bits per heavy atom. The van der Waals surface area contributed by atoms with Crippen molar-refractivity contribution in [3.63, 3.8) is 0 Å². The van der Waals surface area contributed by atoms with E-state index in [2.05, 4.69) is 180 Å². The van der Waals surface area contributed by atoms with E-state index in [0.29, 0.717) is 0 Å². The van der Waals surface area contributed by atoms with Gasteiger partial charge in [-0.15, -0.1) is 0 Å². The minimum absolute atomic E-state index is 0.905. The lowest BCUT2D eigenvalue weighted by atomic mass is 9.91. The zero-order valence-corrected chi connectivity index (χ0v) is 27.1. The van der Waals surface area contributed by atoms with Gasteiger partial charge < -0.3 is 0 Å². The number of nitrogens with zero attached hydrogens (tertiary/aromatic N) is 4. The first kappa shape index (κ1) is 28.3. The molecule has 50 heavy (non-hydrogen) atoms. The maximum atomic E-state index is 5.01. The van der Waals surface area contributed by atoms with Crippen molar-refractivity contribution < 1.29 is 0 Å². The van der Waals surface area contributed by atoms with E-state index in [0.717, 1.165) is 55.9 Å². The van der Waals surface area contributed by atoms with Crippen molar-refractivity contribution in [1.82, 2.24) is 9.97 Å². The molecule has 10 aromatic rings. The molecular formula is C46H30N4. The quantitative estimate of drug-likeness (QED) is 0.170. The predicted molar refractivity (Wildman–Crippen MR) is 210 cm³/mol. The summed E-state index contributed by atoms with van der Waals surface area (Å²) in [6, 6.07) is 60.4. The zero-order chi connectivity index (χ0) is 33.0. The molecule has 0 aliphatic rings. The third-order valence-electron chi connectivity index (χ3n) is 9.86. The average Bonchev–Trinajstić information content (AvgIpc) is 3.19. The standard InChI is InChI=1S/C46H30N4/c1-3-13-35(14-4-1)49(45-37-17-9-7-11-31(37)27-29-47-45)41-25-21-33-20-24-40-42(26-22-34-19-23-39(41)43(33)44(34)40)50(36-15-5-2-6-16-36)46-38-18-10-8-12-32(38)28-30-48-46/h1-30H. The molecule has 0 bridgehead atoms. The second-order valence-electron chi connectivity index (χ2n) is 12.6. The smallest absolute Gasteiger partial charge is 0.145 e. The highest BCUT2D eigenvalue weighted by atomic mass is 15.2. The molecule has 0 amide bonds. The number of para-hydroxylation sites is 2. The monoisotopic (exact) mass is 638 g/mol. The van der Waals surface area contributed by atoms with Gasteiger partial charge in [0.25, 0.3) is 0 Å². The Morgan fingerprint density at radius 1 is 0.300 bits per heavy atom. The summed E-state index contributed by atoms with van der Waals surface area (Å²) < 4.78 is 0. The van der Waals surface area contributed by atoms with Gasteiger partial charge in [0.15, 0.2) is 0 Å². The predicted octanol–water partition coefficient (Wildman–Crippen LogP) is 12.6. The first-order valence-electron chi connectivity index (χ1n) is 16.9. The van der Waals surface area contributed by atoms with Crippen molar-refractivity contribution in [3.05, 3.63) is 182 Å². The summed E-state index contributed by atoms with van der Waals surface area (Å²) in [5, 5.41) is 11.7. The van der Waals surface area contributed by atoms with Crippen LogP contribution < -0.4 is 9.80 Å². The fourth-order valence-corrected chi connectivity index (χ4v) is 7.63. The maximum Gasteiger partial charge on any atom is 0.145 e. The van der Waals surface area contributed by atoms with Gasteiger partial charge in [0, 0.05) is 45.3 Å². The highest BCUT2D eigenvalue weighted by Crippen LogP contribution is 2.48. The van der Waals surface area contributed by atoms with Gasteiger partial charge in [0.1, 0.15) is 11.6 Å². The fourth-order valence-electron chi connectivity index (χ4n) is 7.63. The summed E-state index contributed by atoms with van der Waals surface area (Å²) in [4.78, 5) is 14.6. The molecule has 0 aliphatic carbocycles. The van der Waals surface area contributed by atoms with E-state index in [1.165, 1.54) is 32.3 Å². The topological polar surface area (TPSA) is 32.3 Å². The minimum atomic E-state index is 0.905. The molecule has 0 spiro atoms. The molecule has 0 saturated carbocycles. The summed E-state index contributed by atoms with van der Waals surface area (Å²) >= 11 is 0. The van der Waals surface area contributed by atoms with Gasteiger partial charge in [0.05, 0.1) is 11.4 Å². The first-order valence-corrected chi connectivity index (χ1v) is 16.9. The lowest BCUT2D eigenvalue weighted by Gasteiger charge is -2.29. The molecule has 0 atom stereocenters. The van der Waals surface area contributed by atoms with Crippen LogP contribution in [0.2, 0.25) is 0 Å². The lowest BCUT2D eigenvalue weighted by molar-refractivity contribution is 1.21. The van der Waals surface area contributed by atoms with Crippen LogP contribution in [0.3, 0.4) is 0 Å². The molecule has 8 aromatic carbocycles. The van der Waals surface area contributed by atoms with Crippen molar-refractivity contribution in [3.8, 4) is 0 Å². The van der Waals surface area contributed by atoms with Gasteiger partial charge in [-0.1, -0.05) is 121 Å². The Balaban J connectivity index is 1.27. The summed E-state index contributed by atoms with van der Waals surface area (Å²) in [6.07, 6.45) is 3.82. The van der Waals surface area contributed by atoms with Gasteiger partial charge in [-0.25, -0.2) is 9.97 Å². The molecule has 0 N–H and O–H groups in total. The number of hydrogen-bond donors (Lipinski definition) is 0. The molecule has 10 rings (SSSR count). The van der Waals surface area contributed by atoms with Crippen molar-refractivity contribution in [1.29, 1.82) is 0 Å². The number of fused-ring (bicyclic) bond motifs is 2. The minimum Gasteiger partial charge on any atom is -0.294 e. The first-order chi connectivity index (χ1) is 24.8. The van der Waals surface area contributed by atoms with E-state index in [1.807, 2.05) is 12.4 Å². The van der Waals surface area contributed by atoms with E-state index < -0.39 is 0 Å². The average molecular weight is 639 g/mol. The molecule has 2 aromatic heterocycles. The molecule has 0 fully saturated rings. The Morgan fingerprint density at radius 3 is 1.16 bits per heavy atom. The highest BCUT2D eigenvalue weighted by Gasteiger charge is 2.23. The lowest BCUT2D eigenvalue weighted by Crippen LogP contribution is -2.13. The highest BCUT2D eigenvalue weighted by molar-refractivity contribution is 6.28. The van der Waals surface area contributed by atoms with Gasteiger partial charge >= 0.3 is 0 Å². The van der Waals surface area contributed by atoms with Crippen LogP contribution >= 0.6 is 0 Å². The molecule has 0 radical (unpaired) electrons. The molecule has 4 nitrogen and oxygen atoms in total. The number of hydrogen-bond acceptors (Lipinski definition) is 4. The Kier molecular flexibility index (Phi) is 6.46. The second kappa shape index (κ2) is 11.4. The van der Waals surface area contributed by atoms with E-state index >= 15 is 0 Å². The van der Waals surface area contributed by atoms with Crippen molar-refractivity contribution >= 4 is 88.2 Å². The van der Waals surface area contributed by atoms with Crippen molar-refractivity contribution in [2.45, 2.75) is 0 Å². The van der Waals surface area contributed by atoms with Gasteiger partial charge in [0.2, 0.25) is 0 Å². The van der Waals surface area contributed by atoms with Crippen LogP contribution in [0, 0.1) is 0 Å². The SMILES string of the molecule is c1ccc(N(c2nccc3ccccc23)c2ccc3ccc4c(N(c5ccccc5)c5nccc6ccccc56)ccc5ccc2c3c54)cc1. The van der Waals surface area contributed by atoms with Crippen LogP contribution in [-0.4, -0.2) is 9.97 Å². The van der Waals surface area contributed by atoms with Crippen LogP contribution in [0.5, 0.6) is 0 Å². The fraction of sp³-hybridized carbons (Fsp3) is 0. The van der Waals surface area contributed by atoms with Crippen LogP contribution in [0.15, 0.2) is 182 Å². The molecule has 234 valence electrons. The number of pyridine rings is 2.